The van der Waals surface area contributed by atoms with Crippen molar-refractivity contribution in [2.24, 2.45) is 5.92 Å². The van der Waals surface area contributed by atoms with Gasteiger partial charge in [-0.15, -0.1) is 0 Å². The van der Waals surface area contributed by atoms with E-state index in [9.17, 15) is 28.3 Å². The minimum absolute atomic E-state index is 0.0180. The topological polar surface area (TPSA) is 110 Å². The minimum atomic E-state index is -4.21. The highest BCUT2D eigenvalue weighted by Gasteiger charge is 2.51. The second-order valence-electron chi connectivity index (χ2n) is 6.11. The molecule has 156 valence electrons. The molecule has 0 fully saturated rings. The summed E-state index contributed by atoms with van der Waals surface area (Å²) in [6.45, 7) is 2.41. The Kier molecular flexibility index (Phi) is 9.30. The van der Waals surface area contributed by atoms with Crippen LogP contribution in [0.15, 0.2) is 12.1 Å². The van der Waals surface area contributed by atoms with Crippen LogP contribution >= 0.6 is 45.2 Å². The van der Waals surface area contributed by atoms with Gasteiger partial charge in [0.05, 0.1) is 10.2 Å². The maximum absolute atomic E-state index is 13.6. The molecule has 1 unspecified atom stereocenters. The number of benzene rings is 1. The Bertz CT molecular complexity index is 753. The molecular weight excluding hydrogens is 608 g/mol. The molecule has 0 aliphatic carbocycles. The first kappa shape index (κ1) is 24.8. The molecule has 7 nitrogen and oxygen atoms in total. The Morgan fingerprint density at radius 3 is 2.36 bits per heavy atom. The molecule has 0 heterocycles. The predicted octanol–water partition coefficient (Wildman–Crippen LogP) is 3.83. The molecule has 1 rings (SSSR count). The highest BCUT2D eigenvalue weighted by atomic mass is 127. The molecule has 0 aliphatic heterocycles. The van der Waals surface area contributed by atoms with Gasteiger partial charge < -0.3 is 19.7 Å². The van der Waals surface area contributed by atoms with Crippen molar-refractivity contribution in [2.75, 3.05) is 6.61 Å². The largest absolute Gasteiger partial charge is 0.506 e. The van der Waals surface area contributed by atoms with Crippen molar-refractivity contribution in [3.05, 3.63) is 24.8 Å². The molecule has 0 bridgehead atoms. The average Bonchev–Trinajstić information content (AvgIpc) is 2.58. The maximum atomic E-state index is 13.6. The Morgan fingerprint density at radius 2 is 1.82 bits per heavy atom. The van der Waals surface area contributed by atoms with Crippen molar-refractivity contribution in [3.63, 3.8) is 0 Å². The molecule has 0 amide bonds. The van der Waals surface area contributed by atoms with E-state index >= 15 is 0 Å². The van der Waals surface area contributed by atoms with Gasteiger partial charge in [-0.25, -0.2) is 9.59 Å². The number of phenols is 1. The number of esters is 2. The third kappa shape index (κ3) is 6.67. The van der Waals surface area contributed by atoms with Crippen LogP contribution in [0.2, 0.25) is 0 Å². The molecule has 1 aromatic carbocycles. The van der Waals surface area contributed by atoms with E-state index in [-0.39, 0.29) is 30.8 Å². The highest BCUT2D eigenvalue weighted by molar-refractivity contribution is 14.1. The fraction of sp³-hybridized carbons (Fsp3) is 0.471. The van der Waals surface area contributed by atoms with Crippen LogP contribution < -0.4 is 0 Å². The summed E-state index contributed by atoms with van der Waals surface area (Å²) >= 11 is 3.84. The standard InChI is InChI=1S/C17H18F2I2O7/c1-8(2)14(17(18,19)16(25)26)28-12(22)4-3-5-27-15(24)10-6-9(20)7-11(21)13(10)23/h6-8,14,23H,3-5H2,1-2H3,(H,25,26). The summed E-state index contributed by atoms with van der Waals surface area (Å²) in [7, 11) is 0. The van der Waals surface area contributed by atoms with Crippen molar-refractivity contribution in [2.45, 2.75) is 38.7 Å². The SMILES string of the molecule is CC(C)C(OC(=O)CCCOC(=O)c1cc(I)cc(I)c1O)C(F)(F)C(=O)O. The van der Waals surface area contributed by atoms with Crippen molar-refractivity contribution in [1.29, 1.82) is 0 Å². The highest BCUT2D eigenvalue weighted by Crippen LogP contribution is 2.29. The molecular formula is C17H18F2I2O7. The van der Waals surface area contributed by atoms with Crippen LogP contribution in [0.3, 0.4) is 0 Å². The van der Waals surface area contributed by atoms with Gasteiger partial charge in [0.2, 0.25) is 0 Å². The number of hydrogen-bond donors (Lipinski definition) is 2. The normalized spacial score (nSPS) is 12.5. The van der Waals surface area contributed by atoms with Crippen LogP contribution in [0.1, 0.15) is 37.0 Å². The molecule has 2 N–H and O–H groups in total. The molecule has 0 aliphatic rings. The number of rotatable bonds is 9. The number of carbonyl (C=O) groups is 3. The van der Waals surface area contributed by atoms with E-state index in [2.05, 4.69) is 4.74 Å². The van der Waals surface area contributed by atoms with Gasteiger partial charge in [0, 0.05) is 9.99 Å². The van der Waals surface area contributed by atoms with Crippen LogP contribution in [0.5, 0.6) is 5.75 Å². The van der Waals surface area contributed by atoms with Crippen LogP contribution in [0.25, 0.3) is 0 Å². The van der Waals surface area contributed by atoms with E-state index in [0.29, 0.717) is 3.57 Å². The van der Waals surface area contributed by atoms with Crippen LogP contribution in [0, 0.1) is 13.1 Å². The third-order valence-electron chi connectivity index (χ3n) is 3.51. The number of carboxylic acids is 1. The molecule has 0 saturated carbocycles. The van der Waals surface area contributed by atoms with E-state index in [1.54, 1.807) is 6.07 Å². The fourth-order valence-electron chi connectivity index (χ4n) is 2.13. The Hall–Kier alpha value is -1.25. The number of aromatic hydroxyl groups is 1. The van der Waals surface area contributed by atoms with Crippen molar-refractivity contribution >= 4 is 63.1 Å². The van der Waals surface area contributed by atoms with Crippen molar-refractivity contribution in [3.8, 4) is 5.75 Å². The Balaban J connectivity index is 2.56. The van der Waals surface area contributed by atoms with Gasteiger partial charge in [-0.3, -0.25) is 4.79 Å². The first-order valence-corrected chi connectivity index (χ1v) is 10.2. The second-order valence-corrected chi connectivity index (χ2v) is 8.51. The quantitative estimate of drug-likeness (QED) is 0.244. The van der Waals surface area contributed by atoms with E-state index < -0.39 is 35.9 Å². The van der Waals surface area contributed by atoms with E-state index in [0.717, 1.165) is 3.57 Å². The summed E-state index contributed by atoms with van der Waals surface area (Å²) in [5.74, 6) is -9.54. The molecule has 28 heavy (non-hydrogen) atoms. The van der Waals surface area contributed by atoms with E-state index in [1.807, 2.05) is 45.2 Å². The monoisotopic (exact) mass is 626 g/mol. The number of aliphatic carboxylic acids is 1. The minimum Gasteiger partial charge on any atom is -0.506 e. The fourth-order valence-corrected chi connectivity index (χ4v) is 3.98. The van der Waals surface area contributed by atoms with Gasteiger partial charge in [0.25, 0.3) is 0 Å². The molecule has 11 heteroatoms. The van der Waals surface area contributed by atoms with Crippen LogP contribution in [-0.4, -0.2) is 46.8 Å². The summed E-state index contributed by atoms with van der Waals surface area (Å²) in [6, 6.07) is 3.11. The molecule has 1 aromatic rings. The number of carbonyl (C=O) groups excluding carboxylic acids is 2. The van der Waals surface area contributed by atoms with Gasteiger partial charge in [0.1, 0.15) is 11.3 Å². The van der Waals surface area contributed by atoms with E-state index in [1.165, 1.54) is 19.9 Å². The lowest BCUT2D eigenvalue weighted by atomic mass is 10.0. The van der Waals surface area contributed by atoms with Crippen LogP contribution in [0.4, 0.5) is 8.78 Å². The van der Waals surface area contributed by atoms with Crippen LogP contribution in [-0.2, 0) is 19.1 Å². The number of halogens is 4. The second kappa shape index (κ2) is 10.5. The number of hydrogen-bond acceptors (Lipinski definition) is 6. The Labute approximate surface area is 187 Å². The van der Waals surface area contributed by atoms with Crippen molar-refractivity contribution < 1.29 is 42.9 Å². The lowest BCUT2D eigenvalue weighted by Crippen LogP contribution is -2.47. The smallest absolute Gasteiger partial charge is 0.378 e. The zero-order valence-electron chi connectivity index (χ0n) is 14.9. The third-order valence-corrected chi connectivity index (χ3v) is 4.96. The zero-order chi connectivity index (χ0) is 21.6. The average molecular weight is 626 g/mol. The van der Waals surface area contributed by atoms with Gasteiger partial charge in [-0.05, 0) is 69.7 Å². The number of ether oxygens (including phenoxy) is 2. The summed E-state index contributed by atoms with van der Waals surface area (Å²) in [5.41, 5.74) is -0.0279. The van der Waals surface area contributed by atoms with E-state index in [4.69, 9.17) is 9.84 Å². The zero-order valence-corrected chi connectivity index (χ0v) is 19.2. The number of phenolic OH excluding ortho intramolecular Hbond substituents is 1. The Morgan fingerprint density at radius 1 is 1.21 bits per heavy atom. The van der Waals surface area contributed by atoms with Crippen molar-refractivity contribution in [1.82, 2.24) is 0 Å². The lowest BCUT2D eigenvalue weighted by molar-refractivity contribution is -0.199. The van der Waals surface area contributed by atoms with Gasteiger partial charge in [0.15, 0.2) is 6.10 Å². The van der Waals surface area contributed by atoms with Gasteiger partial charge >= 0.3 is 23.8 Å². The molecule has 1 atom stereocenters. The maximum Gasteiger partial charge on any atom is 0.378 e. The predicted molar refractivity (Wildman–Crippen MR) is 110 cm³/mol. The summed E-state index contributed by atoms with van der Waals surface area (Å²) in [6.07, 6.45) is -2.47. The first-order valence-electron chi connectivity index (χ1n) is 8.03. The first-order chi connectivity index (χ1) is 12.9. The molecule has 0 saturated heterocycles. The molecule has 0 spiro atoms. The number of carboxylic acid groups (broad SMARTS) is 1. The summed E-state index contributed by atoms with van der Waals surface area (Å²) in [5, 5.41) is 18.5. The molecule has 0 radical (unpaired) electrons. The molecule has 0 aromatic heterocycles. The summed E-state index contributed by atoms with van der Waals surface area (Å²) in [4.78, 5) is 34.4. The number of alkyl halides is 2. The van der Waals surface area contributed by atoms with Gasteiger partial charge in [-0.2, -0.15) is 8.78 Å². The van der Waals surface area contributed by atoms with Gasteiger partial charge in [-0.1, -0.05) is 13.8 Å². The lowest BCUT2D eigenvalue weighted by Gasteiger charge is -2.26. The summed E-state index contributed by atoms with van der Waals surface area (Å²) < 4.78 is 38.1.